The molecule has 0 aromatic carbocycles. The van der Waals surface area contributed by atoms with E-state index in [1.807, 2.05) is 0 Å². The van der Waals surface area contributed by atoms with Gasteiger partial charge in [0, 0.05) is 12.6 Å². The maximum Gasteiger partial charge on any atom is 0.246 e. The van der Waals surface area contributed by atoms with Crippen molar-refractivity contribution in [1.82, 2.24) is 10.2 Å². The summed E-state index contributed by atoms with van der Waals surface area (Å²) in [5.41, 5.74) is -0.788. The largest absolute Gasteiger partial charge is 0.380 e. The molecule has 0 bridgehead atoms. The highest BCUT2D eigenvalue weighted by atomic mass is 19.3. The molecule has 3 fully saturated rings. The number of piperidine rings is 2. The van der Waals surface area contributed by atoms with Crippen molar-refractivity contribution in [2.45, 2.75) is 51.0 Å². The first kappa shape index (κ1) is 15.6. The Labute approximate surface area is 126 Å². The Morgan fingerprint density at radius 1 is 1.19 bits per heavy atom. The van der Waals surface area contributed by atoms with Crippen LogP contribution in [0.4, 0.5) is 8.78 Å². The van der Waals surface area contributed by atoms with E-state index in [1.165, 1.54) is 32.2 Å². The average molecular weight is 302 g/mol. The maximum absolute atomic E-state index is 12.9. The van der Waals surface area contributed by atoms with Crippen molar-refractivity contribution >= 4 is 0 Å². The van der Waals surface area contributed by atoms with E-state index in [9.17, 15) is 8.78 Å². The summed E-state index contributed by atoms with van der Waals surface area (Å²) in [6, 6.07) is 0.713. The van der Waals surface area contributed by atoms with Crippen LogP contribution >= 0.6 is 0 Å². The molecule has 2 heterocycles. The van der Waals surface area contributed by atoms with Crippen LogP contribution in [-0.4, -0.2) is 56.8 Å². The van der Waals surface area contributed by atoms with Gasteiger partial charge >= 0.3 is 0 Å². The Morgan fingerprint density at radius 2 is 1.95 bits per heavy atom. The fraction of sp³-hybridized carbons (Fsp3) is 1.00. The molecule has 0 radical (unpaired) electrons. The summed E-state index contributed by atoms with van der Waals surface area (Å²) in [5, 5.41) is 3.41. The van der Waals surface area contributed by atoms with Crippen LogP contribution in [0.15, 0.2) is 0 Å². The van der Waals surface area contributed by atoms with Crippen molar-refractivity contribution in [1.29, 1.82) is 0 Å². The highest BCUT2D eigenvalue weighted by molar-refractivity contribution is 4.95. The van der Waals surface area contributed by atoms with Gasteiger partial charge in [0.05, 0.1) is 18.6 Å². The number of rotatable bonds is 6. The molecule has 5 heteroatoms. The standard InChI is InChI=1S/C16H28F2N2O/c17-15(18)16(5-6-16)12-21-11-13-2-1-9-20(10-13)14-3-7-19-8-4-14/h13-15,19H,1-12H2. The normalized spacial score (nSPS) is 30.7. The SMILES string of the molecule is FC(F)C1(COCC2CCCN(C3CCNCC3)C2)CC1. The van der Waals surface area contributed by atoms with Crippen molar-refractivity contribution in [3.8, 4) is 0 Å². The minimum Gasteiger partial charge on any atom is -0.380 e. The minimum absolute atomic E-state index is 0.258. The van der Waals surface area contributed by atoms with Crippen molar-refractivity contribution in [3.63, 3.8) is 0 Å². The van der Waals surface area contributed by atoms with Gasteiger partial charge in [0.2, 0.25) is 6.43 Å². The van der Waals surface area contributed by atoms with Crippen molar-refractivity contribution < 1.29 is 13.5 Å². The van der Waals surface area contributed by atoms with E-state index in [1.54, 1.807) is 0 Å². The van der Waals surface area contributed by atoms with E-state index >= 15 is 0 Å². The summed E-state index contributed by atoms with van der Waals surface area (Å²) in [5.74, 6) is 0.530. The minimum atomic E-state index is -2.21. The second-order valence-corrected chi connectivity index (χ2v) is 7.16. The molecule has 0 aromatic heterocycles. The van der Waals surface area contributed by atoms with Gasteiger partial charge in [-0.15, -0.1) is 0 Å². The monoisotopic (exact) mass is 302 g/mol. The highest BCUT2D eigenvalue weighted by Gasteiger charge is 2.51. The number of nitrogens with one attached hydrogen (secondary N) is 1. The van der Waals surface area contributed by atoms with Crippen molar-refractivity contribution in [2.24, 2.45) is 11.3 Å². The van der Waals surface area contributed by atoms with E-state index < -0.39 is 11.8 Å². The predicted octanol–water partition coefficient (Wildman–Crippen LogP) is 2.51. The van der Waals surface area contributed by atoms with E-state index in [-0.39, 0.29) is 6.61 Å². The molecule has 3 nitrogen and oxygen atoms in total. The molecule has 3 rings (SSSR count). The molecule has 2 aliphatic heterocycles. The van der Waals surface area contributed by atoms with Crippen LogP contribution in [0.1, 0.15) is 38.5 Å². The number of alkyl halides is 2. The molecule has 122 valence electrons. The third-order valence-corrected chi connectivity index (χ3v) is 5.47. The first-order chi connectivity index (χ1) is 10.2. The second kappa shape index (κ2) is 6.88. The number of hydrogen-bond donors (Lipinski definition) is 1. The number of likely N-dealkylation sites (tertiary alicyclic amines) is 1. The summed E-state index contributed by atoms with van der Waals surface area (Å²) in [6.07, 6.45) is 3.94. The molecule has 2 saturated heterocycles. The third kappa shape index (κ3) is 3.93. The molecule has 1 N–H and O–H groups in total. The molecule has 1 saturated carbocycles. The molecule has 0 spiro atoms. The van der Waals surface area contributed by atoms with Crippen LogP contribution in [0.5, 0.6) is 0 Å². The Morgan fingerprint density at radius 3 is 2.62 bits per heavy atom. The molecule has 0 aromatic rings. The van der Waals surface area contributed by atoms with Gasteiger partial charge in [0.15, 0.2) is 0 Å². The van der Waals surface area contributed by atoms with Gasteiger partial charge in [0.25, 0.3) is 0 Å². The van der Waals surface area contributed by atoms with E-state index in [4.69, 9.17) is 4.74 Å². The molecule has 21 heavy (non-hydrogen) atoms. The molecular formula is C16H28F2N2O. The lowest BCUT2D eigenvalue weighted by molar-refractivity contribution is -0.0258. The van der Waals surface area contributed by atoms with Gasteiger partial charge in [-0.25, -0.2) is 8.78 Å². The zero-order valence-corrected chi connectivity index (χ0v) is 12.8. The molecule has 1 atom stereocenters. The van der Waals surface area contributed by atoms with Crippen LogP contribution in [0.2, 0.25) is 0 Å². The number of halogens is 2. The van der Waals surface area contributed by atoms with Crippen molar-refractivity contribution in [2.75, 3.05) is 39.4 Å². The lowest BCUT2D eigenvalue weighted by Gasteiger charge is -2.40. The highest BCUT2D eigenvalue weighted by Crippen LogP contribution is 2.50. The number of ether oxygens (including phenoxy) is 1. The lowest BCUT2D eigenvalue weighted by Crippen LogP contribution is -2.48. The Bertz CT molecular complexity index is 330. The molecule has 3 aliphatic rings. The lowest BCUT2D eigenvalue weighted by atomic mass is 9.95. The fourth-order valence-corrected chi connectivity index (χ4v) is 3.75. The van der Waals surface area contributed by atoms with E-state index in [2.05, 4.69) is 10.2 Å². The van der Waals surface area contributed by atoms with Crippen LogP contribution in [0, 0.1) is 11.3 Å². The molecule has 1 aliphatic carbocycles. The van der Waals surface area contributed by atoms with Gasteiger partial charge in [-0.1, -0.05) is 0 Å². The van der Waals surface area contributed by atoms with Crippen LogP contribution in [-0.2, 0) is 4.74 Å². The Hall–Kier alpha value is -0.260. The summed E-state index contributed by atoms with van der Waals surface area (Å²) >= 11 is 0. The zero-order valence-electron chi connectivity index (χ0n) is 12.8. The van der Waals surface area contributed by atoms with E-state index in [0.29, 0.717) is 31.4 Å². The smallest absolute Gasteiger partial charge is 0.246 e. The topological polar surface area (TPSA) is 24.5 Å². The predicted molar refractivity (Wildman–Crippen MR) is 78.7 cm³/mol. The average Bonchev–Trinajstić information content (AvgIpc) is 3.30. The maximum atomic E-state index is 12.9. The quantitative estimate of drug-likeness (QED) is 0.816. The van der Waals surface area contributed by atoms with Gasteiger partial charge in [-0.2, -0.15) is 0 Å². The van der Waals surface area contributed by atoms with Crippen molar-refractivity contribution in [3.05, 3.63) is 0 Å². The fourth-order valence-electron chi connectivity index (χ4n) is 3.75. The first-order valence-corrected chi connectivity index (χ1v) is 8.50. The third-order valence-electron chi connectivity index (χ3n) is 5.47. The Balaban J connectivity index is 1.39. The van der Waals surface area contributed by atoms with Crippen LogP contribution in [0.25, 0.3) is 0 Å². The number of hydrogen-bond acceptors (Lipinski definition) is 3. The molecule has 0 amide bonds. The van der Waals surface area contributed by atoms with Gasteiger partial charge in [-0.05, 0) is 64.1 Å². The van der Waals surface area contributed by atoms with Gasteiger partial charge < -0.3 is 10.1 Å². The first-order valence-electron chi connectivity index (χ1n) is 8.50. The summed E-state index contributed by atoms with van der Waals surface area (Å²) in [7, 11) is 0. The summed E-state index contributed by atoms with van der Waals surface area (Å²) in [4.78, 5) is 2.61. The van der Waals surface area contributed by atoms with E-state index in [0.717, 1.165) is 19.6 Å². The summed E-state index contributed by atoms with van der Waals surface area (Å²) < 4.78 is 31.4. The van der Waals surface area contributed by atoms with Crippen LogP contribution < -0.4 is 5.32 Å². The van der Waals surface area contributed by atoms with Crippen LogP contribution in [0.3, 0.4) is 0 Å². The van der Waals surface area contributed by atoms with Gasteiger partial charge in [0.1, 0.15) is 0 Å². The molecule has 1 unspecified atom stereocenters. The Kier molecular flexibility index (Phi) is 5.12. The van der Waals surface area contributed by atoms with Gasteiger partial charge in [-0.3, -0.25) is 4.90 Å². The summed E-state index contributed by atoms with van der Waals surface area (Å²) in [6.45, 7) is 5.46. The molecular weight excluding hydrogens is 274 g/mol. The second-order valence-electron chi connectivity index (χ2n) is 7.16. The zero-order chi connectivity index (χ0) is 14.7. The number of nitrogens with zero attached hydrogens (tertiary/aromatic N) is 1.